The van der Waals surface area contributed by atoms with Gasteiger partial charge in [0, 0.05) is 12.6 Å². The Morgan fingerprint density at radius 2 is 1.86 bits per heavy atom. The second kappa shape index (κ2) is 8.62. The molecule has 28 heavy (non-hydrogen) atoms. The molecule has 1 fully saturated rings. The van der Waals surface area contributed by atoms with Gasteiger partial charge >= 0.3 is 6.03 Å². The number of amides is 3. The first-order valence-electron chi connectivity index (χ1n) is 8.21. The zero-order chi connectivity index (χ0) is 20.3. The minimum atomic E-state index is -0.758. The van der Waals surface area contributed by atoms with Crippen LogP contribution in [0.5, 0.6) is 5.75 Å². The molecule has 0 spiro atoms. The normalized spacial score (nSPS) is 16.9. The van der Waals surface area contributed by atoms with Gasteiger partial charge < -0.3 is 20.7 Å². The van der Waals surface area contributed by atoms with Crippen LogP contribution in [-0.4, -0.2) is 31.1 Å². The molecule has 6 nitrogen and oxygen atoms in total. The van der Waals surface area contributed by atoms with E-state index in [1.807, 2.05) is 0 Å². The number of ether oxygens (including phenoxy) is 1. The molecule has 1 saturated heterocycles. The van der Waals surface area contributed by atoms with Crippen LogP contribution in [0.25, 0.3) is 0 Å². The molecule has 10 heteroatoms. The van der Waals surface area contributed by atoms with E-state index in [1.54, 1.807) is 0 Å². The number of carbonyl (C=O) groups is 2. The molecule has 1 aliphatic heterocycles. The third kappa shape index (κ3) is 4.82. The van der Waals surface area contributed by atoms with E-state index >= 15 is 0 Å². The summed E-state index contributed by atoms with van der Waals surface area (Å²) in [5.41, 5.74) is 0.491. The summed E-state index contributed by atoms with van der Waals surface area (Å²) in [6.07, 6.45) is 0. The number of benzene rings is 2. The third-order valence-electron chi connectivity index (χ3n) is 4.06. The molecule has 1 heterocycles. The maximum absolute atomic E-state index is 13.5. The van der Waals surface area contributed by atoms with Gasteiger partial charge in [0.2, 0.25) is 5.91 Å². The molecule has 0 saturated carbocycles. The summed E-state index contributed by atoms with van der Waals surface area (Å²) in [6, 6.07) is 5.92. The Morgan fingerprint density at radius 3 is 2.46 bits per heavy atom. The first kappa shape index (κ1) is 20.2. The van der Waals surface area contributed by atoms with E-state index in [1.165, 1.54) is 30.3 Å². The monoisotopic (exact) mass is 429 g/mol. The zero-order valence-electron chi connectivity index (χ0n) is 14.3. The average Bonchev–Trinajstić information content (AvgIpc) is 3.10. The lowest BCUT2D eigenvalue weighted by Crippen LogP contribution is -2.45. The van der Waals surface area contributed by atoms with Crippen LogP contribution in [0.15, 0.2) is 36.4 Å². The van der Waals surface area contributed by atoms with Crippen LogP contribution in [-0.2, 0) is 4.79 Å². The van der Waals surface area contributed by atoms with Crippen LogP contribution in [0.2, 0.25) is 10.0 Å². The summed E-state index contributed by atoms with van der Waals surface area (Å²) in [5, 5.41) is 7.47. The van der Waals surface area contributed by atoms with Crippen LogP contribution < -0.4 is 20.7 Å². The highest BCUT2D eigenvalue weighted by Crippen LogP contribution is 2.25. The molecule has 0 aromatic heterocycles. The fourth-order valence-corrected chi connectivity index (χ4v) is 2.94. The maximum atomic E-state index is 13.5. The lowest BCUT2D eigenvalue weighted by Gasteiger charge is -2.22. The van der Waals surface area contributed by atoms with E-state index in [0.717, 1.165) is 6.07 Å². The first-order valence-corrected chi connectivity index (χ1v) is 8.96. The van der Waals surface area contributed by atoms with E-state index in [4.69, 9.17) is 27.9 Å². The number of carbonyl (C=O) groups excluding carboxylic acids is 2. The Labute approximate surface area is 169 Å². The molecule has 2 aromatic carbocycles. The lowest BCUT2D eigenvalue weighted by atomic mass is 10.1. The van der Waals surface area contributed by atoms with Crippen molar-refractivity contribution < 1.29 is 23.1 Å². The molecule has 3 rings (SSSR count). The number of hydrogen-bond donors (Lipinski definition) is 3. The molecule has 2 atom stereocenters. The molecular formula is C18H15Cl2F2N3O3. The quantitative estimate of drug-likeness (QED) is 0.659. The standard InChI is InChI=1S/C18H15Cl2F2N3O3/c19-11-5-9(1-3-13(11)21)16(24-17(26)15-7-23-18(27)25-15)8-28-10-2-4-14(22)12(20)6-10/h1-6,15-16H,7-8H2,(H,24,26)(H2,23,25,27)/t15?,16-/m1/s1. The summed E-state index contributed by atoms with van der Waals surface area (Å²) in [6.45, 7) is 0.0692. The first-order chi connectivity index (χ1) is 13.3. The highest BCUT2D eigenvalue weighted by atomic mass is 35.5. The Bertz CT molecular complexity index is 914. The highest BCUT2D eigenvalue weighted by molar-refractivity contribution is 6.31. The van der Waals surface area contributed by atoms with Crippen molar-refractivity contribution in [1.29, 1.82) is 0 Å². The number of urea groups is 1. The second-order valence-electron chi connectivity index (χ2n) is 6.03. The van der Waals surface area contributed by atoms with Gasteiger partial charge in [-0.2, -0.15) is 0 Å². The van der Waals surface area contributed by atoms with Crippen LogP contribution in [0, 0.1) is 11.6 Å². The fraction of sp³-hybridized carbons (Fsp3) is 0.222. The number of hydrogen-bond acceptors (Lipinski definition) is 3. The molecule has 0 radical (unpaired) electrons. The highest BCUT2D eigenvalue weighted by Gasteiger charge is 2.29. The van der Waals surface area contributed by atoms with Gasteiger partial charge in [-0.3, -0.25) is 4.79 Å². The minimum absolute atomic E-state index is 0.0657. The molecule has 0 bridgehead atoms. The van der Waals surface area contributed by atoms with Crippen molar-refractivity contribution in [2.45, 2.75) is 12.1 Å². The molecule has 0 aliphatic carbocycles. The Balaban J connectivity index is 1.76. The van der Waals surface area contributed by atoms with Crippen LogP contribution in [0.3, 0.4) is 0 Å². The third-order valence-corrected chi connectivity index (χ3v) is 4.64. The largest absolute Gasteiger partial charge is 0.491 e. The van der Waals surface area contributed by atoms with Crippen molar-refractivity contribution in [3.8, 4) is 5.75 Å². The molecular weight excluding hydrogens is 415 g/mol. The molecule has 3 amide bonds. The number of halogens is 4. The van der Waals surface area contributed by atoms with Crippen LogP contribution >= 0.6 is 23.2 Å². The van der Waals surface area contributed by atoms with Gasteiger partial charge in [-0.05, 0) is 29.8 Å². The predicted octanol–water partition coefficient (Wildman–Crippen LogP) is 3.19. The minimum Gasteiger partial charge on any atom is -0.491 e. The summed E-state index contributed by atoms with van der Waals surface area (Å²) in [7, 11) is 0. The van der Waals surface area contributed by atoms with Crippen molar-refractivity contribution in [2.75, 3.05) is 13.2 Å². The maximum Gasteiger partial charge on any atom is 0.315 e. The zero-order valence-corrected chi connectivity index (χ0v) is 15.8. The van der Waals surface area contributed by atoms with Gasteiger partial charge in [-0.25, -0.2) is 13.6 Å². The SMILES string of the molecule is O=C1NCC(C(=O)N[C@H](COc2ccc(F)c(Cl)c2)c2ccc(F)c(Cl)c2)N1. The second-order valence-corrected chi connectivity index (χ2v) is 6.84. The van der Waals surface area contributed by atoms with E-state index in [2.05, 4.69) is 16.0 Å². The van der Waals surface area contributed by atoms with Crippen molar-refractivity contribution in [1.82, 2.24) is 16.0 Å². The van der Waals surface area contributed by atoms with E-state index in [-0.39, 0.29) is 28.9 Å². The summed E-state index contributed by atoms with van der Waals surface area (Å²) >= 11 is 11.6. The molecule has 2 aromatic rings. The number of nitrogens with one attached hydrogen (secondary N) is 3. The van der Waals surface area contributed by atoms with Gasteiger partial charge in [0.05, 0.1) is 16.1 Å². The number of rotatable bonds is 6. The van der Waals surface area contributed by atoms with Gasteiger partial charge in [0.1, 0.15) is 30.0 Å². The van der Waals surface area contributed by atoms with E-state index in [9.17, 15) is 18.4 Å². The van der Waals surface area contributed by atoms with Gasteiger partial charge in [-0.15, -0.1) is 0 Å². The molecule has 1 unspecified atom stereocenters. The van der Waals surface area contributed by atoms with Crippen molar-refractivity contribution in [3.05, 3.63) is 63.6 Å². The Kier molecular flexibility index (Phi) is 6.21. The summed E-state index contributed by atoms with van der Waals surface area (Å²) in [5.74, 6) is -1.36. The lowest BCUT2D eigenvalue weighted by molar-refractivity contribution is -0.123. The van der Waals surface area contributed by atoms with Gasteiger partial charge in [0.15, 0.2) is 0 Å². The topological polar surface area (TPSA) is 79.5 Å². The van der Waals surface area contributed by atoms with Crippen molar-refractivity contribution in [3.63, 3.8) is 0 Å². The molecule has 148 valence electrons. The van der Waals surface area contributed by atoms with Crippen LogP contribution in [0.4, 0.5) is 13.6 Å². The van der Waals surface area contributed by atoms with Crippen molar-refractivity contribution >= 4 is 35.1 Å². The fourth-order valence-electron chi connectivity index (χ4n) is 2.58. The van der Waals surface area contributed by atoms with Crippen LogP contribution in [0.1, 0.15) is 11.6 Å². The van der Waals surface area contributed by atoms with E-state index in [0.29, 0.717) is 5.56 Å². The smallest absolute Gasteiger partial charge is 0.315 e. The van der Waals surface area contributed by atoms with E-state index < -0.39 is 35.7 Å². The predicted molar refractivity (Wildman–Crippen MR) is 99.5 cm³/mol. The molecule has 3 N–H and O–H groups in total. The summed E-state index contributed by atoms with van der Waals surface area (Å²) < 4.78 is 32.4. The average molecular weight is 430 g/mol. The Hall–Kier alpha value is -2.58. The van der Waals surface area contributed by atoms with Crippen molar-refractivity contribution in [2.24, 2.45) is 0 Å². The Morgan fingerprint density at radius 1 is 1.18 bits per heavy atom. The van der Waals surface area contributed by atoms with Gasteiger partial charge in [-0.1, -0.05) is 29.3 Å². The molecule has 1 aliphatic rings. The van der Waals surface area contributed by atoms with Gasteiger partial charge in [0.25, 0.3) is 0 Å². The summed E-state index contributed by atoms with van der Waals surface area (Å²) in [4.78, 5) is 23.7.